The summed E-state index contributed by atoms with van der Waals surface area (Å²) in [5.74, 6) is 5.47. The van der Waals surface area contributed by atoms with Gasteiger partial charge in [-0.2, -0.15) is 0 Å². The minimum absolute atomic E-state index is 0.195. The Hall–Kier alpha value is -0.650. The second-order valence-electron chi connectivity index (χ2n) is 4.93. The van der Waals surface area contributed by atoms with E-state index in [0.717, 1.165) is 26.1 Å². The average molecular weight is 230 g/mol. The van der Waals surface area contributed by atoms with E-state index >= 15 is 0 Å². The highest BCUT2D eigenvalue weighted by Gasteiger charge is 2.27. The van der Waals surface area contributed by atoms with Gasteiger partial charge in [-0.05, 0) is 32.6 Å². The first-order valence-corrected chi connectivity index (χ1v) is 5.73. The minimum Gasteiger partial charge on any atom is -0.381 e. The Morgan fingerprint density at radius 1 is 1.50 bits per heavy atom. The number of hydrazine groups is 1. The molecule has 0 radical (unpaired) electrons. The Kier molecular flexibility index (Phi) is 5.18. The van der Waals surface area contributed by atoms with Gasteiger partial charge in [0.05, 0.1) is 12.0 Å². The Labute approximate surface area is 96.6 Å². The van der Waals surface area contributed by atoms with Gasteiger partial charge in [-0.3, -0.25) is 10.2 Å². The van der Waals surface area contributed by atoms with Gasteiger partial charge in [0, 0.05) is 19.8 Å². The minimum atomic E-state index is -0.570. The highest BCUT2D eigenvalue weighted by atomic mass is 16.5. The van der Waals surface area contributed by atoms with Crippen molar-refractivity contribution in [3.8, 4) is 0 Å². The zero-order valence-electron chi connectivity index (χ0n) is 10.1. The summed E-state index contributed by atoms with van der Waals surface area (Å²) in [6.45, 7) is 6.37. The van der Waals surface area contributed by atoms with E-state index in [2.05, 4.69) is 5.43 Å². The van der Waals surface area contributed by atoms with Crippen molar-refractivity contribution in [1.29, 1.82) is 0 Å². The fourth-order valence-corrected chi connectivity index (χ4v) is 1.65. The number of amides is 1. The topological polar surface area (TPSA) is 73.6 Å². The first-order valence-electron chi connectivity index (χ1n) is 5.73. The summed E-state index contributed by atoms with van der Waals surface area (Å²) in [4.78, 5) is 11.4. The lowest BCUT2D eigenvalue weighted by Gasteiger charge is -2.25. The summed E-state index contributed by atoms with van der Waals surface area (Å²) in [5.41, 5.74) is 1.59. The molecule has 0 aliphatic carbocycles. The third-order valence-electron chi connectivity index (χ3n) is 2.90. The monoisotopic (exact) mass is 230 g/mol. The van der Waals surface area contributed by atoms with Crippen molar-refractivity contribution >= 4 is 5.91 Å². The molecule has 1 saturated heterocycles. The molecule has 1 amide bonds. The number of nitrogens with two attached hydrogens (primary N) is 1. The predicted octanol–water partition coefficient (Wildman–Crippen LogP) is 0.446. The molecule has 0 aromatic rings. The smallest absolute Gasteiger partial charge is 0.241 e. The standard InChI is InChI=1S/C11H22N2O3/c1-11(2,10(14)13-12)8-16-7-9-3-5-15-6-4-9/h9H,3-8,12H2,1-2H3,(H,13,14). The molecule has 0 spiro atoms. The van der Waals surface area contributed by atoms with Crippen LogP contribution in [0.2, 0.25) is 0 Å². The van der Waals surface area contributed by atoms with Crippen LogP contribution in [0.4, 0.5) is 0 Å². The molecule has 1 fully saturated rings. The van der Waals surface area contributed by atoms with Crippen LogP contribution in [-0.2, 0) is 14.3 Å². The summed E-state index contributed by atoms with van der Waals surface area (Å²) in [7, 11) is 0. The lowest BCUT2D eigenvalue weighted by molar-refractivity contribution is -0.133. The lowest BCUT2D eigenvalue weighted by atomic mass is 9.94. The third-order valence-corrected chi connectivity index (χ3v) is 2.90. The Bertz CT molecular complexity index is 225. The van der Waals surface area contributed by atoms with Crippen molar-refractivity contribution in [2.24, 2.45) is 17.2 Å². The van der Waals surface area contributed by atoms with Crippen molar-refractivity contribution in [1.82, 2.24) is 5.43 Å². The molecule has 0 bridgehead atoms. The maximum atomic E-state index is 11.4. The molecular formula is C11H22N2O3. The summed E-state index contributed by atoms with van der Waals surface area (Å²) in [5, 5.41) is 0. The molecule has 0 saturated carbocycles. The fourth-order valence-electron chi connectivity index (χ4n) is 1.65. The van der Waals surface area contributed by atoms with Crippen molar-refractivity contribution < 1.29 is 14.3 Å². The second-order valence-corrected chi connectivity index (χ2v) is 4.93. The van der Waals surface area contributed by atoms with E-state index in [0.29, 0.717) is 19.1 Å². The zero-order valence-corrected chi connectivity index (χ0v) is 10.1. The molecule has 16 heavy (non-hydrogen) atoms. The summed E-state index contributed by atoms with van der Waals surface area (Å²) in [6, 6.07) is 0. The Balaban J connectivity index is 2.20. The van der Waals surface area contributed by atoms with Gasteiger partial charge in [-0.1, -0.05) is 0 Å². The molecular weight excluding hydrogens is 208 g/mol. The van der Waals surface area contributed by atoms with E-state index in [4.69, 9.17) is 15.3 Å². The van der Waals surface area contributed by atoms with Gasteiger partial charge in [0.2, 0.25) is 5.91 Å². The predicted molar refractivity (Wildman–Crippen MR) is 60.5 cm³/mol. The molecule has 3 N–H and O–H groups in total. The van der Waals surface area contributed by atoms with Gasteiger partial charge >= 0.3 is 0 Å². The van der Waals surface area contributed by atoms with E-state index in [1.807, 2.05) is 13.8 Å². The number of rotatable bonds is 5. The molecule has 5 heteroatoms. The van der Waals surface area contributed by atoms with E-state index in [1.165, 1.54) is 0 Å². The highest BCUT2D eigenvalue weighted by molar-refractivity contribution is 5.81. The van der Waals surface area contributed by atoms with Crippen molar-refractivity contribution in [2.45, 2.75) is 26.7 Å². The molecule has 0 aromatic carbocycles. The Morgan fingerprint density at radius 2 is 2.12 bits per heavy atom. The summed E-state index contributed by atoms with van der Waals surface area (Å²) in [6.07, 6.45) is 2.09. The van der Waals surface area contributed by atoms with Crippen LogP contribution in [0.25, 0.3) is 0 Å². The second kappa shape index (κ2) is 6.18. The molecule has 1 rings (SSSR count). The van der Waals surface area contributed by atoms with Crippen LogP contribution in [0.5, 0.6) is 0 Å². The molecule has 1 heterocycles. The molecule has 0 aromatic heterocycles. The molecule has 1 aliphatic heterocycles. The SMILES string of the molecule is CC(C)(COCC1CCOCC1)C(=O)NN. The highest BCUT2D eigenvalue weighted by Crippen LogP contribution is 2.18. The maximum Gasteiger partial charge on any atom is 0.241 e. The third kappa shape index (κ3) is 4.08. The van der Waals surface area contributed by atoms with Crippen molar-refractivity contribution in [3.63, 3.8) is 0 Å². The quantitative estimate of drug-likeness (QED) is 0.408. The normalized spacial score (nSPS) is 18.4. The van der Waals surface area contributed by atoms with Gasteiger partial charge in [0.15, 0.2) is 0 Å². The zero-order chi connectivity index (χ0) is 12.0. The number of carbonyl (C=O) groups excluding carboxylic acids is 1. The first-order chi connectivity index (χ1) is 7.56. The van der Waals surface area contributed by atoms with Crippen LogP contribution >= 0.6 is 0 Å². The summed E-state index contributed by atoms with van der Waals surface area (Å²) >= 11 is 0. The molecule has 94 valence electrons. The van der Waals surface area contributed by atoms with E-state index in [1.54, 1.807) is 0 Å². The van der Waals surface area contributed by atoms with Gasteiger partial charge in [0.25, 0.3) is 0 Å². The van der Waals surface area contributed by atoms with Crippen LogP contribution < -0.4 is 11.3 Å². The lowest BCUT2D eigenvalue weighted by Crippen LogP contribution is -2.43. The van der Waals surface area contributed by atoms with Crippen LogP contribution in [0.3, 0.4) is 0 Å². The maximum absolute atomic E-state index is 11.4. The van der Waals surface area contributed by atoms with Gasteiger partial charge in [0.1, 0.15) is 0 Å². The van der Waals surface area contributed by atoms with E-state index in [-0.39, 0.29) is 5.91 Å². The van der Waals surface area contributed by atoms with Gasteiger partial charge in [-0.15, -0.1) is 0 Å². The van der Waals surface area contributed by atoms with Crippen LogP contribution in [-0.4, -0.2) is 32.3 Å². The summed E-state index contributed by atoms with van der Waals surface area (Å²) < 4.78 is 10.9. The fraction of sp³-hybridized carbons (Fsp3) is 0.909. The van der Waals surface area contributed by atoms with Crippen LogP contribution in [0.15, 0.2) is 0 Å². The van der Waals surface area contributed by atoms with Gasteiger partial charge < -0.3 is 9.47 Å². The van der Waals surface area contributed by atoms with Crippen molar-refractivity contribution in [3.05, 3.63) is 0 Å². The average Bonchev–Trinajstić information content (AvgIpc) is 2.29. The molecule has 0 atom stereocenters. The first kappa shape index (κ1) is 13.4. The molecule has 1 aliphatic rings. The van der Waals surface area contributed by atoms with Crippen LogP contribution in [0.1, 0.15) is 26.7 Å². The molecule has 5 nitrogen and oxygen atoms in total. The largest absolute Gasteiger partial charge is 0.381 e. The number of hydrogen-bond acceptors (Lipinski definition) is 4. The van der Waals surface area contributed by atoms with Gasteiger partial charge in [-0.25, -0.2) is 5.84 Å². The number of carbonyl (C=O) groups is 1. The number of hydrogen-bond donors (Lipinski definition) is 2. The number of nitrogens with one attached hydrogen (secondary N) is 1. The molecule has 0 unspecified atom stereocenters. The van der Waals surface area contributed by atoms with E-state index < -0.39 is 5.41 Å². The van der Waals surface area contributed by atoms with Crippen LogP contribution in [0, 0.1) is 11.3 Å². The Morgan fingerprint density at radius 3 is 2.69 bits per heavy atom. The number of ether oxygens (including phenoxy) is 2. The van der Waals surface area contributed by atoms with E-state index in [9.17, 15) is 4.79 Å². The van der Waals surface area contributed by atoms with Crippen molar-refractivity contribution in [2.75, 3.05) is 26.4 Å².